The van der Waals surface area contributed by atoms with E-state index in [-0.39, 0.29) is 12.2 Å². The Labute approximate surface area is 243 Å². The van der Waals surface area contributed by atoms with Crippen LogP contribution in [0.25, 0.3) is 11.8 Å². The summed E-state index contributed by atoms with van der Waals surface area (Å²) < 4.78 is 15.7. The van der Waals surface area contributed by atoms with E-state index in [1.807, 2.05) is 37.3 Å². The number of rotatable bonds is 7. The predicted octanol–water partition coefficient (Wildman–Crippen LogP) is 5.22. The molecular weight excluding hydrogens is 534 g/mol. The molecule has 4 aromatic rings. The molecule has 8 heteroatoms. The van der Waals surface area contributed by atoms with Crippen LogP contribution in [0.3, 0.4) is 0 Å². The van der Waals surface area contributed by atoms with Crippen molar-refractivity contribution in [3.05, 3.63) is 113 Å². The molecule has 1 atom stereocenters. The van der Waals surface area contributed by atoms with Crippen molar-refractivity contribution in [1.29, 1.82) is 0 Å². The summed E-state index contributed by atoms with van der Waals surface area (Å²) in [7, 11) is 0. The number of benzene rings is 2. The van der Waals surface area contributed by atoms with Crippen molar-refractivity contribution < 1.29 is 14.3 Å². The van der Waals surface area contributed by atoms with E-state index in [9.17, 15) is 9.59 Å². The molecule has 0 saturated heterocycles. The molecule has 0 aliphatic carbocycles. The number of hydrogen-bond acceptors (Lipinski definition) is 6. The number of ether oxygens (including phenoxy) is 2. The highest BCUT2D eigenvalue weighted by Crippen LogP contribution is 2.36. The number of allylic oxidation sites excluding steroid dienone is 1. The van der Waals surface area contributed by atoms with Crippen LogP contribution in [-0.2, 0) is 9.53 Å². The lowest BCUT2D eigenvalue weighted by Gasteiger charge is -2.26. The highest BCUT2D eigenvalue weighted by Gasteiger charge is 2.35. The molecule has 0 spiro atoms. The van der Waals surface area contributed by atoms with E-state index in [2.05, 4.69) is 56.5 Å². The second-order valence-corrected chi connectivity index (χ2v) is 11.2. The number of hydrogen-bond donors (Lipinski definition) is 0. The number of fused-ring (bicyclic) bond motifs is 1. The quantitative estimate of drug-likeness (QED) is 0.286. The number of carbonyl (C=O) groups is 1. The molecule has 212 valence electrons. The summed E-state index contributed by atoms with van der Waals surface area (Å²) in [6, 6.07) is 15.3. The number of nitrogens with zero attached hydrogens (tertiary/aromatic N) is 3. The first kappa shape index (κ1) is 28.4. The van der Waals surface area contributed by atoms with Gasteiger partial charge in [0, 0.05) is 22.6 Å². The second kappa shape index (κ2) is 11.4. The molecular formula is C33H35N3O4S. The Bertz CT molecular complexity index is 1870. The third-order valence-corrected chi connectivity index (χ3v) is 8.52. The zero-order chi connectivity index (χ0) is 29.4. The fourth-order valence-corrected chi connectivity index (χ4v) is 6.45. The van der Waals surface area contributed by atoms with Gasteiger partial charge in [-0.25, -0.2) is 9.79 Å². The predicted molar refractivity (Wildman–Crippen MR) is 163 cm³/mol. The maximum Gasteiger partial charge on any atom is 0.338 e. The number of carbonyl (C=O) groups excluding carboxylic acids is 1. The lowest BCUT2D eigenvalue weighted by molar-refractivity contribution is -0.139. The molecule has 0 fully saturated rings. The molecule has 3 heterocycles. The van der Waals surface area contributed by atoms with E-state index in [1.54, 1.807) is 18.4 Å². The minimum Gasteiger partial charge on any atom is -0.494 e. The summed E-state index contributed by atoms with van der Waals surface area (Å²) in [6.45, 7) is 14.5. The van der Waals surface area contributed by atoms with Gasteiger partial charge in [-0.2, -0.15) is 0 Å². The summed E-state index contributed by atoms with van der Waals surface area (Å²) >= 11 is 1.32. The molecule has 0 amide bonds. The summed E-state index contributed by atoms with van der Waals surface area (Å²) in [5.74, 6) is 0.124. The molecule has 7 nitrogen and oxygen atoms in total. The van der Waals surface area contributed by atoms with Crippen LogP contribution in [-0.4, -0.2) is 28.3 Å². The van der Waals surface area contributed by atoms with Crippen LogP contribution < -0.4 is 19.6 Å². The van der Waals surface area contributed by atoms with E-state index in [0.717, 1.165) is 22.6 Å². The van der Waals surface area contributed by atoms with Gasteiger partial charge < -0.3 is 14.0 Å². The average molecular weight is 570 g/mol. The van der Waals surface area contributed by atoms with E-state index in [4.69, 9.17) is 14.5 Å². The Kier molecular flexibility index (Phi) is 7.87. The number of thiazole rings is 1. The minimum absolute atomic E-state index is 0.213. The lowest BCUT2D eigenvalue weighted by atomic mass is 9.95. The summed E-state index contributed by atoms with van der Waals surface area (Å²) in [5.41, 5.74) is 8.01. The first-order valence-electron chi connectivity index (χ1n) is 13.8. The molecule has 1 aliphatic heterocycles. The van der Waals surface area contributed by atoms with E-state index in [0.29, 0.717) is 38.5 Å². The fraction of sp³-hybridized carbons (Fsp3) is 0.303. The van der Waals surface area contributed by atoms with Gasteiger partial charge in [-0.15, -0.1) is 0 Å². The van der Waals surface area contributed by atoms with Crippen LogP contribution in [0.2, 0.25) is 0 Å². The molecule has 0 bridgehead atoms. The zero-order valence-corrected chi connectivity index (χ0v) is 25.4. The van der Waals surface area contributed by atoms with Gasteiger partial charge in [-0.3, -0.25) is 9.36 Å². The normalized spacial score (nSPS) is 15.1. The van der Waals surface area contributed by atoms with Crippen LogP contribution >= 0.6 is 11.3 Å². The Morgan fingerprint density at radius 3 is 2.46 bits per heavy atom. The number of esters is 1. The molecule has 2 aromatic carbocycles. The topological polar surface area (TPSA) is 74.8 Å². The zero-order valence-electron chi connectivity index (χ0n) is 24.6. The SMILES string of the molecule is CCOC(=O)C1=C(C)N=c2s/c(=C\c3cc(C)n(-c4ccc(C)c(C)c4)c3C)c(=O)n2[C@H]1c1ccccc1OCC. The van der Waals surface area contributed by atoms with Crippen LogP contribution in [0, 0.1) is 27.7 Å². The highest BCUT2D eigenvalue weighted by molar-refractivity contribution is 7.07. The molecule has 2 aromatic heterocycles. The minimum atomic E-state index is -0.724. The average Bonchev–Trinajstić information content (AvgIpc) is 3.39. The standard InChI is InChI=1S/C33H35N3O4S/c1-8-39-27-13-11-10-12-26(27)30-29(32(38)40-9-2)22(6)34-33-36(30)31(37)28(41-33)18-24-17-21(5)35(23(24)7)25-15-14-19(3)20(4)16-25/h10-18,30H,8-9H2,1-7H3/b28-18-/t30-/m0/s1. The van der Waals surface area contributed by atoms with Crippen LogP contribution in [0.4, 0.5) is 0 Å². The number of aromatic nitrogens is 2. The third-order valence-electron chi connectivity index (χ3n) is 7.54. The Morgan fingerprint density at radius 1 is 1.00 bits per heavy atom. The van der Waals surface area contributed by atoms with Gasteiger partial charge in [0.2, 0.25) is 0 Å². The highest BCUT2D eigenvalue weighted by atomic mass is 32.1. The monoisotopic (exact) mass is 569 g/mol. The summed E-state index contributed by atoms with van der Waals surface area (Å²) in [4.78, 5) is 32.6. The van der Waals surface area contributed by atoms with Gasteiger partial charge >= 0.3 is 5.97 Å². The number of para-hydroxylation sites is 1. The van der Waals surface area contributed by atoms with Crippen molar-refractivity contribution in [3.63, 3.8) is 0 Å². The van der Waals surface area contributed by atoms with Crippen molar-refractivity contribution in [2.45, 2.75) is 54.5 Å². The molecule has 41 heavy (non-hydrogen) atoms. The first-order chi connectivity index (χ1) is 19.7. The third kappa shape index (κ3) is 5.08. The first-order valence-corrected chi connectivity index (χ1v) is 14.7. The van der Waals surface area contributed by atoms with Gasteiger partial charge in [0.15, 0.2) is 4.80 Å². The van der Waals surface area contributed by atoms with Gasteiger partial charge in [0.25, 0.3) is 5.56 Å². The number of aryl methyl sites for hydroxylation is 3. The van der Waals surface area contributed by atoms with Gasteiger partial charge in [-0.05, 0) is 95.5 Å². The van der Waals surface area contributed by atoms with Gasteiger partial charge in [0.1, 0.15) is 11.8 Å². The maximum atomic E-state index is 14.1. The largest absolute Gasteiger partial charge is 0.494 e. The molecule has 5 rings (SSSR count). The smallest absolute Gasteiger partial charge is 0.338 e. The lowest BCUT2D eigenvalue weighted by Crippen LogP contribution is -2.40. The molecule has 0 radical (unpaired) electrons. The molecule has 0 N–H and O–H groups in total. The van der Waals surface area contributed by atoms with Gasteiger partial charge in [0.05, 0.1) is 29.0 Å². The van der Waals surface area contributed by atoms with E-state index in [1.165, 1.54) is 22.5 Å². The van der Waals surface area contributed by atoms with Crippen molar-refractivity contribution in [2.24, 2.45) is 4.99 Å². The van der Waals surface area contributed by atoms with Gasteiger partial charge in [-0.1, -0.05) is 35.6 Å². The summed E-state index contributed by atoms with van der Waals surface area (Å²) in [6.07, 6.45) is 1.93. The van der Waals surface area contributed by atoms with E-state index >= 15 is 0 Å². The molecule has 1 aliphatic rings. The van der Waals surface area contributed by atoms with Crippen LogP contribution in [0.1, 0.15) is 60.5 Å². The van der Waals surface area contributed by atoms with Crippen molar-refractivity contribution in [2.75, 3.05) is 13.2 Å². The Morgan fingerprint density at radius 2 is 1.76 bits per heavy atom. The van der Waals surface area contributed by atoms with E-state index < -0.39 is 12.0 Å². The summed E-state index contributed by atoms with van der Waals surface area (Å²) in [5, 5.41) is 0. The second-order valence-electron chi connectivity index (χ2n) is 10.2. The van der Waals surface area contributed by atoms with Crippen molar-refractivity contribution in [3.8, 4) is 11.4 Å². The Balaban J connectivity index is 1.71. The Hall–Kier alpha value is -4.17. The molecule has 0 unspecified atom stereocenters. The maximum absolute atomic E-state index is 14.1. The van der Waals surface area contributed by atoms with Crippen molar-refractivity contribution >= 4 is 23.4 Å². The van der Waals surface area contributed by atoms with Crippen molar-refractivity contribution in [1.82, 2.24) is 9.13 Å². The van der Waals surface area contributed by atoms with Crippen LogP contribution in [0.15, 0.2) is 69.6 Å². The fourth-order valence-electron chi connectivity index (χ4n) is 5.42. The van der Waals surface area contributed by atoms with Crippen LogP contribution in [0.5, 0.6) is 5.75 Å². The molecule has 0 saturated carbocycles.